The van der Waals surface area contributed by atoms with Crippen LogP contribution in [0.5, 0.6) is 0 Å². The van der Waals surface area contributed by atoms with Crippen molar-refractivity contribution in [1.82, 2.24) is 20.2 Å². The number of rotatable bonds is 8. The smallest absolute Gasteiger partial charge is 0.329 e. The van der Waals surface area contributed by atoms with Crippen LogP contribution in [0.2, 0.25) is 0 Å². The number of nitrogens with one attached hydrogen (secondary N) is 2. The van der Waals surface area contributed by atoms with Gasteiger partial charge >= 0.3 is 5.97 Å². The first-order chi connectivity index (χ1) is 12.5. The second kappa shape index (κ2) is 9.53. The van der Waals surface area contributed by atoms with E-state index in [2.05, 4.69) is 15.3 Å². The standard InChI is InChI=1S/C19H32N4O4/c1-8-23(9-2)17(25)15-14(20-11-21-15)16(24)22-13(10-12(3)4)18(26)27-19(5,6)7/h11-13H,8-10H2,1-7H3,(H,20,21)(H,22,24)/t13-/m0/s1. The van der Waals surface area contributed by atoms with Crippen molar-refractivity contribution in [2.24, 2.45) is 5.92 Å². The van der Waals surface area contributed by atoms with E-state index < -0.39 is 23.5 Å². The number of nitrogens with zero attached hydrogens (tertiary/aromatic N) is 2. The summed E-state index contributed by atoms with van der Waals surface area (Å²) in [4.78, 5) is 46.1. The zero-order valence-electron chi connectivity index (χ0n) is 17.4. The molecular formula is C19H32N4O4. The summed E-state index contributed by atoms with van der Waals surface area (Å²) in [5.74, 6) is -1.22. The van der Waals surface area contributed by atoms with Gasteiger partial charge in [-0.1, -0.05) is 13.8 Å². The Balaban J connectivity index is 3.02. The number of ether oxygens (including phenoxy) is 1. The first kappa shape index (κ1) is 22.7. The summed E-state index contributed by atoms with van der Waals surface area (Å²) in [6.45, 7) is 14.0. The molecule has 0 aliphatic rings. The summed E-state index contributed by atoms with van der Waals surface area (Å²) in [5.41, 5.74) is -0.569. The molecular weight excluding hydrogens is 348 g/mol. The van der Waals surface area contributed by atoms with E-state index in [1.807, 2.05) is 27.7 Å². The largest absolute Gasteiger partial charge is 0.458 e. The molecule has 2 amide bonds. The molecule has 0 radical (unpaired) electrons. The van der Waals surface area contributed by atoms with Crippen LogP contribution in [0.1, 0.15) is 75.9 Å². The zero-order valence-corrected chi connectivity index (χ0v) is 17.4. The summed E-state index contributed by atoms with van der Waals surface area (Å²) < 4.78 is 5.41. The van der Waals surface area contributed by atoms with Gasteiger partial charge in [0.05, 0.1) is 6.33 Å². The predicted octanol–water partition coefficient (Wildman–Crippen LogP) is 2.38. The van der Waals surface area contributed by atoms with Gasteiger partial charge < -0.3 is 19.9 Å². The molecule has 0 aliphatic carbocycles. The van der Waals surface area contributed by atoms with Crippen LogP contribution in [0, 0.1) is 5.92 Å². The molecule has 0 bridgehead atoms. The molecule has 8 heteroatoms. The Morgan fingerprint density at radius 2 is 1.81 bits per heavy atom. The number of carbonyl (C=O) groups excluding carboxylic acids is 3. The maximum Gasteiger partial charge on any atom is 0.329 e. The SMILES string of the molecule is CCN(CC)C(=O)c1[nH]cnc1C(=O)N[C@@H](CC(C)C)C(=O)OC(C)(C)C. The van der Waals surface area contributed by atoms with Crippen molar-refractivity contribution in [2.75, 3.05) is 13.1 Å². The van der Waals surface area contributed by atoms with Crippen molar-refractivity contribution in [3.63, 3.8) is 0 Å². The number of amides is 2. The lowest BCUT2D eigenvalue weighted by atomic mass is 10.0. The molecule has 0 spiro atoms. The van der Waals surface area contributed by atoms with Crippen LogP contribution in [-0.2, 0) is 9.53 Å². The fourth-order valence-electron chi connectivity index (χ4n) is 2.58. The number of H-pyrrole nitrogens is 1. The summed E-state index contributed by atoms with van der Waals surface area (Å²) in [6.07, 6.45) is 1.72. The lowest BCUT2D eigenvalue weighted by molar-refractivity contribution is -0.157. The van der Waals surface area contributed by atoms with Gasteiger partial charge in [-0.05, 0) is 47.0 Å². The Bertz CT molecular complexity index is 657. The molecule has 0 aromatic carbocycles. The van der Waals surface area contributed by atoms with Gasteiger partial charge in [-0.2, -0.15) is 0 Å². The second-order valence-electron chi connectivity index (χ2n) is 7.79. The van der Waals surface area contributed by atoms with Crippen LogP contribution < -0.4 is 5.32 Å². The van der Waals surface area contributed by atoms with Crippen LogP contribution in [0.15, 0.2) is 6.33 Å². The number of hydrogen-bond donors (Lipinski definition) is 2. The summed E-state index contributed by atoms with van der Waals surface area (Å²) in [7, 11) is 0. The molecule has 0 aliphatic heterocycles. The highest BCUT2D eigenvalue weighted by Gasteiger charge is 2.30. The van der Waals surface area contributed by atoms with Gasteiger partial charge in [0.15, 0.2) is 5.69 Å². The second-order valence-corrected chi connectivity index (χ2v) is 7.79. The Morgan fingerprint density at radius 1 is 1.22 bits per heavy atom. The molecule has 1 aromatic heterocycles. The van der Waals surface area contributed by atoms with Crippen LogP contribution >= 0.6 is 0 Å². The van der Waals surface area contributed by atoms with E-state index in [1.165, 1.54) is 6.33 Å². The molecule has 1 atom stereocenters. The van der Waals surface area contributed by atoms with Crippen molar-refractivity contribution < 1.29 is 19.1 Å². The summed E-state index contributed by atoms with van der Waals surface area (Å²) >= 11 is 0. The quantitative estimate of drug-likeness (QED) is 0.674. The van der Waals surface area contributed by atoms with Crippen LogP contribution in [-0.4, -0.2) is 57.4 Å². The van der Waals surface area contributed by atoms with E-state index in [-0.39, 0.29) is 23.2 Å². The molecule has 152 valence electrons. The highest BCUT2D eigenvalue weighted by molar-refractivity contribution is 6.05. The van der Waals surface area contributed by atoms with E-state index in [9.17, 15) is 14.4 Å². The maximum atomic E-state index is 12.7. The van der Waals surface area contributed by atoms with E-state index in [1.54, 1.807) is 25.7 Å². The average Bonchev–Trinajstić information content (AvgIpc) is 3.02. The molecule has 0 saturated heterocycles. The van der Waals surface area contributed by atoms with Gasteiger partial charge in [0.2, 0.25) is 0 Å². The summed E-state index contributed by atoms with van der Waals surface area (Å²) in [6, 6.07) is -0.815. The van der Waals surface area contributed by atoms with Gasteiger partial charge in [0.25, 0.3) is 11.8 Å². The molecule has 1 rings (SSSR count). The number of imidazole rings is 1. The Morgan fingerprint density at radius 3 is 2.30 bits per heavy atom. The van der Waals surface area contributed by atoms with Crippen LogP contribution in [0.3, 0.4) is 0 Å². The third-order valence-corrected chi connectivity index (χ3v) is 3.82. The molecule has 0 fully saturated rings. The lowest BCUT2D eigenvalue weighted by Gasteiger charge is -2.25. The topological polar surface area (TPSA) is 104 Å². The van der Waals surface area contributed by atoms with Gasteiger partial charge in [-0.15, -0.1) is 0 Å². The predicted molar refractivity (Wildman–Crippen MR) is 102 cm³/mol. The molecule has 27 heavy (non-hydrogen) atoms. The normalized spacial score (nSPS) is 12.6. The van der Waals surface area contributed by atoms with Crippen molar-refractivity contribution in [3.05, 3.63) is 17.7 Å². The third-order valence-electron chi connectivity index (χ3n) is 3.82. The fraction of sp³-hybridized carbons (Fsp3) is 0.684. The van der Waals surface area contributed by atoms with E-state index in [4.69, 9.17) is 4.74 Å². The minimum atomic E-state index is -0.815. The molecule has 1 heterocycles. The lowest BCUT2D eigenvalue weighted by Crippen LogP contribution is -2.45. The first-order valence-corrected chi connectivity index (χ1v) is 9.36. The van der Waals surface area contributed by atoms with Crippen molar-refractivity contribution in [3.8, 4) is 0 Å². The van der Waals surface area contributed by atoms with Crippen LogP contribution in [0.25, 0.3) is 0 Å². The van der Waals surface area contributed by atoms with Crippen molar-refractivity contribution in [2.45, 2.75) is 66.5 Å². The summed E-state index contributed by atoms with van der Waals surface area (Å²) in [5, 5.41) is 2.68. The maximum absolute atomic E-state index is 12.7. The molecule has 0 saturated carbocycles. The number of hydrogen-bond acceptors (Lipinski definition) is 5. The van der Waals surface area contributed by atoms with Gasteiger partial charge in [0.1, 0.15) is 17.3 Å². The Labute approximate surface area is 161 Å². The molecule has 2 N–H and O–H groups in total. The first-order valence-electron chi connectivity index (χ1n) is 9.36. The zero-order chi connectivity index (χ0) is 20.8. The van der Waals surface area contributed by atoms with Gasteiger partial charge in [-0.25, -0.2) is 9.78 Å². The van der Waals surface area contributed by atoms with Crippen LogP contribution in [0.4, 0.5) is 0 Å². The van der Waals surface area contributed by atoms with E-state index in [0.717, 1.165) is 0 Å². The average molecular weight is 380 g/mol. The van der Waals surface area contributed by atoms with E-state index >= 15 is 0 Å². The van der Waals surface area contributed by atoms with Crippen molar-refractivity contribution in [1.29, 1.82) is 0 Å². The fourth-order valence-corrected chi connectivity index (χ4v) is 2.58. The Kier molecular flexibility index (Phi) is 7.99. The monoisotopic (exact) mass is 380 g/mol. The number of aromatic amines is 1. The Hall–Kier alpha value is -2.38. The number of carbonyl (C=O) groups is 3. The number of aromatic nitrogens is 2. The molecule has 8 nitrogen and oxygen atoms in total. The minimum absolute atomic E-state index is 0.0239. The molecule has 0 unspecified atom stereocenters. The highest BCUT2D eigenvalue weighted by atomic mass is 16.6. The van der Waals surface area contributed by atoms with Gasteiger partial charge in [-0.3, -0.25) is 9.59 Å². The highest BCUT2D eigenvalue weighted by Crippen LogP contribution is 2.14. The van der Waals surface area contributed by atoms with Crippen molar-refractivity contribution >= 4 is 17.8 Å². The minimum Gasteiger partial charge on any atom is -0.458 e. The molecule has 1 aromatic rings. The third kappa shape index (κ3) is 6.69. The number of esters is 1. The van der Waals surface area contributed by atoms with Gasteiger partial charge in [0, 0.05) is 13.1 Å². The van der Waals surface area contributed by atoms with E-state index in [0.29, 0.717) is 19.5 Å².